The van der Waals surface area contributed by atoms with Crippen LogP contribution in [0.25, 0.3) is 11.5 Å². The maximum Gasteiger partial charge on any atom is 0.416 e. The summed E-state index contributed by atoms with van der Waals surface area (Å²) >= 11 is 0. The van der Waals surface area contributed by atoms with E-state index in [-0.39, 0.29) is 11.9 Å². The molecule has 7 nitrogen and oxygen atoms in total. The first-order chi connectivity index (χ1) is 16.2. The molecule has 180 valence electrons. The van der Waals surface area contributed by atoms with Crippen LogP contribution in [-0.4, -0.2) is 52.2 Å². The molecule has 1 N–H and O–H groups in total. The predicted octanol–water partition coefficient (Wildman–Crippen LogP) is 5.23. The van der Waals surface area contributed by atoms with Crippen molar-refractivity contribution in [3.05, 3.63) is 65.5 Å². The van der Waals surface area contributed by atoms with Gasteiger partial charge >= 0.3 is 12.2 Å². The van der Waals surface area contributed by atoms with Gasteiger partial charge in [0.2, 0.25) is 0 Å². The number of hydrogen-bond acceptors (Lipinski definition) is 5. The molecule has 1 aliphatic heterocycles. The third-order valence-electron chi connectivity index (χ3n) is 5.78. The van der Waals surface area contributed by atoms with E-state index in [9.17, 15) is 18.0 Å². The van der Waals surface area contributed by atoms with Gasteiger partial charge in [0.15, 0.2) is 5.82 Å². The summed E-state index contributed by atoms with van der Waals surface area (Å²) in [5.41, 5.74) is 1.68. The van der Waals surface area contributed by atoms with E-state index in [4.69, 9.17) is 4.52 Å². The number of anilines is 1. The van der Waals surface area contributed by atoms with Crippen LogP contribution in [0.3, 0.4) is 0 Å². The lowest BCUT2D eigenvalue weighted by atomic mass is 10.0. The molecular weight excluding hydrogens is 447 g/mol. The third kappa shape index (κ3) is 5.74. The smallest absolute Gasteiger partial charge is 0.334 e. The first-order valence-electron chi connectivity index (χ1n) is 11.1. The Kier molecular flexibility index (Phi) is 6.87. The lowest BCUT2D eigenvalue weighted by Gasteiger charge is -2.34. The Morgan fingerprint density at radius 3 is 2.26 bits per heavy atom. The molecule has 0 spiro atoms. The fraction of sp³-hybridized carbons (Fsp3) is 0.375. The molecule has 1 aromatic heterocycles. The summed E-state index contributed by atoms with van der Waals surface area (Å²) < 4.78 is 43.4. The van der Waals surface area contributed by atoms with E-state index in [0.717, 1.165) is 17.8 Å². The molecular formula is C24H26F3N5O2. The standard InChI is InChI=1S/C24H26F3N5O2/c1-16(2)17-5-9-20(10-6-17)28-23(33)32-13-11-31(12-14-32)15-21-29-22(34-30-21)18-3-7-19(8-4-18)24(25,26)27/h3-10,16H,11-15H2,1-2H3,(H,28,33). The second-order valence-electron chi connectivity index (χ2n) is 8.56. The molecule has 0 atom stereocenters. The highest BCUT2D eigenvalue weighted by molar-refractivity contribution is 5.89. The van der Waals surface area contributed by atoms with Crippen LogP contribution in [0, 0.1) is 0 Å². The molecule has 2 heterocycles. The zero-order valence-corrected chi connectivity index (χ0v) is 19.0. The molecule has 0 aliphatic carbocycles. The van der Waals surface area contributed by atoms with Crippen LogP contribution in [0.5, 0.6) is 0 Å². The second-order valence-corrected chi connectivity index (χ2v) is 8.56. The highest BCUT2D eigenvalue weighted by atomic mass is 19.4. The Morgan fingerprint density at radius 2 is 1.68 bits per heavy atom. The summed E-state index contributed by atoms with van der Waals surface area (Å²) in [5, 5.41) is 6.88. The molecule has 1 aliphatic rings. The highest BCUT2D eigenvalue weighted by Crippen LogP contribution is 2.30. The minimum Gasteiger partial charge on any atom is -0.334 e. The van der Waals surface area contributed by atoms with Crippen LogP contribution in [0.2, 0.25) is 0 Å². The number of amides is 2. The number of carbonyl (C=O) groups is 1. The van der Waals surface area contributed by atoms with Gasteiger partial charge in [0, 0.05) is 37.4 Å². The van der Waals surface area contributed by atoms with Gasteiger partial charge in [-0.3, -0.25) is 4.90 Å². The highest BCUT2D eigenvalue weighted by Gasteiger charge is 2.30. The lowest BCUT2D eigenvalue weighted by Crippen LogP contribution is -2.49. The van der Waals surface area contributed by atoms with Gasteiger partial charge in [0.1, 0.15) is 0 Å². The maximum absolute atomic E-state index is 12.7. The first-order valence-corrected chi connectivity index (χ1v) is 11.1. The summed E-state index contributed by atoms with van der Waals surface area (Å²) in [6.45, 7) is 7.07. The molecule has 0 saturated carbocycles. The third-order valence-corrected chi connectivity index (χ3v) is 5.78. The van der Waals surface area contributed by atoms with Gasteiger partial charge in [0.05, 0.1) is 12.1 Å². The minimum atomic E-state index is -4.39. The van der Waals surface area contributed by atoms with E-state index in [1.165, 1.54) is 17.7 Å². The topological polar surface area (TPSA) is 74.5 Å². The Balaban J connectivity index is 1.27. The number of carbonyl (C=O) groups excluding carboxylic acids is 1. The van der Waals surface area contributed by atoms with Gasteiger partial charge in [-0.05, 0) is 47.9 Å². The van der Waals surface area contributed by atoms with E-state index in [0.29, 0.717) is 50.0 Å². The molecule has 0 bridgehead atoms. The van der Waals surface area contributed by atoms with Gasteiger partial charge in [-0.25, -0.2) is 4.79 Å². The Bertz CT molecular complexity index is 1100. The number of alkyl halides is 3. The number of nitrogens with zero attached hydrogens (tertiary/aromatic N) is 4. The van der Waals surface area contributed by atoms with E-state index >= 15 is 0 Å². The SMILES string of the molecule is CC(C)c1ccc(NC(=O)N2CCN(Cc3noc(-c4ccc(C(F)(F)F)cc4)n3)CC2)cc1. The normalized spacial score (nSPS) is 15.1. The zero-order valence-electron chi connectivity index (χ0n) is 19.0. The van der Waals surface area contributed by atoms with Crippen LogP contribution < -0.4 is 5.32 Å². The fourth-order valence-corrected chi connectivity index (χ4v) is 3.70. The van der Waals surface area contributed by atoms with Crippen LogP contribution in [0.15, 0.2) is 53.1 Å². The summed E-state index contributed by atoms with van der Waals surface area (Å²) in [7, 11) is 0. The molecule has 0 radical (unpaired) electrons. The van der Waals surface area contributed by atoms with E-state index in [1.807, 2.05) is 24.3 Å². The van der Waals surface area contributed by atoms with Gasteiger partial charge < -0.3 is 14.7 Å². The average Bonchev–Trinajstić information content (AvgIpc) is 3.28. The van der Waals surface area contributed by atoms with Crippen molar-refractivity contribution in [3.63, 3.8) is 0 Å². The van der Waals surface area contributed by atoms with Crippen LogP contribution in [-0.2, 0) is 12.7 Å². The molecule has 10 heteroatoms. The monoisotopic (exact) mass is 473 g/mol. The number of hydrogen-bond donors (Lipinski definition) is 1. The molecule has 2 aromatic carbocycles. The molecule has 1 saturated heterocycles. The molecule has 0 unspecified atom stereocenters. The molecule has 34 heavy (non-hydrogen) atoms. The predicted molar refractivity (Wildman–Crippen MR) is 121 cm³/mol. The minimum absolute atomic E-state index is 0.138. The number of aromatic nitrogens is 2. The average molecular weight is 473 g/mol. The van der Waals surface area contributed by atoms with E-state index in [2.05, 4.69) is 34.2 Å². The van der Waals surface area contributed by atoms with Gasteiger partial charge in [-0.2, -0.15) is 18.2 Å². The maximum atomic E-state index is 12.7. The molecule has 4 rings (SSSR count). The van der Waals surface area contributed by atoms with Crippen molar-refractivity contribution in [1.29, 1.82) is 0 Å². The van der Waals surface area contributed by atoms with Gasteiger partial charge in [-0.1, -0.05) is 31.1 Å². The quantitative estimate of drug-likeness (QED) is 0.549. The largest absolute Gasteiger partial charge is 0.416 e. The van der Waals surface area contributed by atoms with Crippen molar-refractivity contribution in [2.75, 3.05) is 31.5 Å². The fourth-order valence-electron chi connectivity index (χ4n) is 3.70. The Morgan fingerprint density at radius 1 is 1.03 bits per heavy atom. The van der Waals surface area contributed by atoms with E-state index in [1.54, 1.807) is 4.90 Å². The van der Waals surface area contributed by atoms with Gasteiger partial charge in [-0.15, -0.1) is 0 Å². The van der Waals surface area contributed by atoms with Crippen molar-refractivity contribution in [3.8, 4) is 11.5 Å². The van der Waals surface area contributed by atoms with Crippen molar-refractivity contribution in [2.45, 2.75) is 32.5 Å². The van der Waals surface area contributed by atoms with Crippen LogP contribution in [0.4, 0.5) is 23.7 Å². The van der Waals surface area contributed by atoms with E-state index < -0.39 is 11.7 Å². The van der Waals surface area contributed by atoms with Crippen molar-refractivity contribution in [2.24, 2.45) is 0 Å². The Labute approximate surface area is 195 Å². The molecule has 2 amide bonds. The first kappa shape index (κ1) is 23.7. The number of benzene rings is 2. The number of urea groups is 1. The summed E-state index contributed by atoms with van der Waals surface area (Å²) in [6.07, 6.45) is -4.39. The summed E-state index contributed by atoms with van der Waals surface area (Å²) in [4.78, 5) is 20.7. The summed E-state index contributed by atoms with van der Waals surface area (Å²) in [6, 6.07) is 12.3. The number of rotatable bonds is 5. The van der Waals surface area contributed by atoms with Crippen LogP contribution >= 0.6 is 0 Å². The van der Waals surface area contributed by atoms with Crippen molar-refractivity contribution < 1.29 is 22.5 Å². The van der Waals surface area contributed by atoms with Crippen molar-refractivity contribution in [1.82, 2.24) is 19.9 Å². The van der Waals surface area contributed by atoms with Gasteiger partial charge in [0.25, 0.3) is 5.89 Å². The summed E-state index contributed by atoms with van der Waals surface area (Å²) in [5.74, 6) is 1.05. The van der Waals surface area contributed by atoms with Crippen molar-refractivity contribution >= 4 is 11.7 Å². The Hall–Kier alpha value is -3.40. The number of nitrogens with one attached hydrogen (secondary N) is 1. The molecule has 3 aromatic rings. The number of halogens is 3. The second kappa shape index (κ2) is 9.84. The zero-order chi connectivity index (χ0) is 24.3. The molecule has 1 fully saturated rings. The lowest BCUT2D eigenvalue weighted by molar-refractivity contribution is -0.137. The number of piperazine rings is 1. The van der Waals surface area contributed by atoms with Crippen LogP contribution in [0.1, 0.15) is 36.7 Å².